The van der Waals surface area contributed by atoms with E-state index in [0.717, 1.165) is 20.1 Å². The summed E-state index contributed by atoms with van der Waals surface area (Å²) in [4.78, 5) is 0. The van der Waals surface area contributed by atoms with Gasteiger partial charge in [-0.3, -0.25) is 0 Å². The lowest BCUT2D eigenvalue weighted by molar-refractivity contribution is 0.568. The molecule has 0 amide bonds. The largest absolute Gasteiger partial charge is 0.472 e. The summed E-state index contributed by atoms with van der Waals surface area (Å²) in [5.74, 6) is 0. The predicted octanol–water partition coefficient (Wildman–Crippen LogP) is 4.47. The smallest absolute Gasteiger partial charge is 0.0981 e. The van der Waals surface area contributed by atoms with E-state index in [-0.39, 0.29) is 0 Å². The van der Waals surface area contributed by atoms with E-state index in [1.165, 1.54) is 0 Å². The van der Waals surface area contributed by atoms with Crippen LogP contribution in [0, 0.1) is 0 Å². The van der Waals surface area contributed by atoms with Gasteiger partial charge in [0.05, 0.1) is 12.5 Å². The summed E-state index contributed by atoms with van der Waals surface area (Å²) in [6.45, 7) is 0. The zero-order valence-electron chi connectivity index (χ0n) is 6.63. The fourth-order valence-electron chi connectivity index (χ4n) is 1.14. The van der Waals surface area contributed by atoms with Gasteiger partial charge in [0.25, 0.3) is 0 Å². The maximum absolute atomic E-state index is 5.02. The molecule has 0 fully saturated rings. The first-order valence-corrected chi connectivity index (χ1v) is 5.33. The zero-order chi connectivity index (χ0) is 9.26. The summed E-state index contributed by atoms with van der Waals surface area (Å²) in [6.07, 6.45) is 3.40. The molecule has 0 aliphatic carbocycles. The Morgan fingerprint density at radius 1 is 1.08 bits per heavy atom. The zero-order valence-corrected chi connectivity index (χ0v) is 9.80. The normalized spacial score (nSPS) is 10.3. The number of furan rings is 1. The van der Waals surface area contributed by atoms with E-state index in [4.69, 9.17) is 4.42 Å². The van der Waals surface area contributed by atoms with Crippen molar-refractivity contribution < 1.29 is 4.42 Å². The molecule has 1 aromatic carbocycles. The molecule has 0 aliphatic rings. The number of hydrogen-bond acceptors (Lipinski definition) is 1. The van der Waals surface area contributed by atoms with Crippen LogP contribution in [0.3, 0.4) is 0 Å². The predicted molar refractivity (Wildman–Crippen MR) is 59.5 cm³/mol. The lowest BCUT2D eigenvalue weighted by Gasteiger charge is -2.00. The molecule has 0 spiro atoms. The molecule has 0 radical (unpaired) electrons. The molecule has 0 bridgehead atoms. The summed E-state index contributed by atoms with van der Waals surface area (Å²) in [5, 5.41) is 0. The van der Waals surface area contributed by atoms with E-state index in [0.29, 0.717) is 0 Å². The molecule has 1 heterocycles. The Hall–Kier alpha value is -0.540. The highest BCUT2D eigenvalue weighted by Crippen LogP contribution is 2.30. The topological polar surface area (TPSA) is 13.1 Å². The van der Waals surface area contributed by atoms with Crippen molar-refractivity contribution in [2.75, 3.05) is 0 Å². The van der Waals surface area contributed by atoms with Gasteiger partial charge in [-0.15, -0.1) is 0 Å². The Labute approximate surface area is 93.0 Å². The third-order valence-electron chi connectivity index (χ3n) is 1.76. The minimum Gasteiger partial charge on any atom is -0.472 e. The molecule has 0 saturated carbocycles. The van der Waals surface area contributed by atoms with Gasteiger partial charge in [-0.1, -0.05) is 37.9 Å². The van der Waals surface area contributed by atoms with Crippen molar-refractivity contribution in [3.63, 3.8) is 0 Å². The minimum atomic E-state index is 1.06. The van der Waals surface area contributed by atoms with Gasteiger partial charge < -0.3 is 4.42 Å². The second-order valence-electron chi connectivity index (χ2n) is 2.64. The van der Waals surface area contributed by atoms with Gasteiger partial charge in [0.1, 0.15) is 0 Å². The highest BCUT2D eigenvalue weighted by molar-refractivity contribution is 9.11. The summed E-state index contributed by atoms with van der Waals surface area (Å²) in [5.41, 5.74) is 2.22. The molecule has 0 N–H and O–H groups in total. The van der Waals surface area contributed by atoms with Gasteiger partial charge in [0.2, 0.25) is 0 Å². The maximum Gasteiger partial charge on any atom is 0.0981 e. The minimum absolute atomic E-state index is 1.06. The van der Waals surface area contributed by atoms with Crippen molar-refractivity contribution in [3.8, 4) is 11.1 Å². The number of rotatable bonds is 1. The van der Waals surface area contributed by atoms with Crippen LogP contribution in [0.5, 0.6) is 0 Å². The second kappa shape index (κ2) is 3.68. The van der Waals surface area contributed by atoms with Crippen LogP contribution in [0.4, 0.5) is 0 Å². The van der Waals surface area contributed by atoms with Crippen molar-refractivity contribution in [1.82, 2.24) is 0 Å². The van der Waals surface area contributed by atoms with Crippen LogP contribution >= 0.6 is 31.9 Å². The number of hydrogen-bond donors (Lipinski definition) is 0. The first-order valence-electron chi connectivity index (χ1n) is 3.75. The molecule has 1 nitrogen and oxygen atoms in total. The summed E-state index contributed by atoms with van der Waals surface area (Å²) in [6, 6.07) is 8.00. The molecule has 1 aromatic heterocycles. The van der Waals surface area contributed by atoms with E-state index in [1.807, 2.05) is 24.3 Å². The van der Waals surface area contributed by atoms with Gasteiger partial charge >= 0.3 is 0 Å². The molecule has 0 aliphatic heterocycles. The lowest BCUT2D eigenvalue weighted by Crippen LogP contribution is -1.76. The average Bonchev–Trinajstić information content (AvgIpc) is 2.56. The van der Waals surface area contributed by atoms with Crippen molar-refractivity contribution in [2.24, 2.45) is 0 Å². The van der Waals surface area contributed by atoms with Crippen molar-refractivity contribution >= 4 is 31.9 Å². The molecule has 13 heavy (non-hydrogen) atoms. The number of benzene rings is 1. The van der Waals surface area contributed by atoms with Crippen molar-refractivity contribution in [2.45, 2.75) is 0 Å². The van der Waals surface area contributed by atoms with Gasteiger partial charge in [-0.2, -0.15) is 0 Å². The Kier molecular flexibility index (Phi) is 2.56. The Balaban J connectivity index is 2.53. The monoisotopic (exact) mass is 300 g/mol. The Morgan fingerprint density at radius 3 is 2.54 bits per heavy atom. The van der Waals surface area contributed by atoms with Crippen LogP contribution in [-0.4, -0.2) is 0 Å². The summed E-state index contributed by atoms with van der Waals surface area (Å²) < 4.78 is 7.14. The lowest BCUT2D eigenvalue weighted by atomic mass is 10.1. The molecule has 0 saturated heterocycles. The highest BCUT2D eigenvalue weighted by atomic mass is 79.9. The Bertz CT molecular complexity index is 407. The summed E-state index contributed by atoms with van der Waals surface area (Å²) in [7, 11) is 0. The molecule has 2 aromatic rings. The van der Waals surface area contributed by atoms with Gasteiger partial charge in [0.15, 0.2) is 0 Å². The van der Waals surface area contributed by atoms with Crippen LogP contribution in [0.15, 0.2) is 50.2 Å². The Morgan fingerprint density at radius 2 is 1.92 bits per heavy atom. The molecule has 3 heteroatoms. The molecule has 0 atom stereocenters. The highest BCUT2D eigenvalue weighted by Gasteiger charge is 2.03. The van der Waals surface area contributed by atoms with E-state index >= 15 is 0 Å². The van der Waals surface area contributed by atoms with Crippen LogP contribution in [0.2, 0.25) is 0 Å². The third kappa shape index (κ3) is 1.86. The first-order chi connectivity index (χ1) is 6.27. The molecule has 2 rings (SSSR count). The van der Waals surface area contributed by atoms with Crippen LogP contribution < -0.4 is 0 Å². The van der Waals surface area contributed by atoms with Crippen LogP contribution in [-0.2, 0) is 0 Å². The maximum atomic E-state index is 5.02. The number of halogens is 2. The molecule has 0 unspecified atom stereocenters. The quantitative estimate of drug-likeness (QED) is 0.757. The van der Waals surface area contributed by atoms with Gasteiger partial charge in [-0.05, 0) is 23.8 Å². The van der Waals surface area contributed by atoms with E-state index < -0.39 is 0 Å². The summed E-state index contributed by atoms with van der Waals surface area (Å²) >= 11 is 6.90. The van der Waals surface area contributed by atoms with Crippen molar-refractivity contribution in [3.05, 3.63) is 45.7 Å². The first kappa shape index (κ1) is 9.03. The SMILES string of the molecule is Brc1ccc(-c2ccoc2)c(Br)c1. The van der Waals surface area contributed by atoms with Crippen LogP contribution in [0.25, 0.3) is 11.1 Å². The van der Waals surface area contributed by atoms with Gasteiger partial charge in [0, 0.05) is 14.5 Å². The fraction of sp³-hybridized carbons (Fsp3) is 0. The average molecular weight is 302 g/mol. The van der Waals surface area contributed by atoms with Crippen LogP contribution in [0.1, 0.15) is 0 Å². The van der Waals surface area contributed by atoms with E-state index in [2.05, 4.69) is 31.9 Å². The van der Waals surface area contributed by atoms with Gasteiger partial charge in [-0.25, -0.2) is 0 Å². The standard InChI is InChI=1S/C10H6Br2O/c11-8-1-2-9(10(12)5-8)7-3-4-13-6-7/h1-6H. The van der Waals surface area contributed by atoms with E-state index in [9.17, 15) is 0 Å². The molecule has 66 valence electrons. The third-order valence-corrected chi connectivity index (χ3v) is 2.91. The second-order valence-corrected chi connectivity index (χ2v) is 4.41. The fourth-order valence-corrected chi connectivity index (χ4v) is 2.42. The molecular weight excluding hydrogens is 296 g/mol. The molecular formula is C10H6Br2O. The van der Waals surface area contributed by atoms with Crippen molar-refractivity contribution in [1.29, 1.82) is 0 Å². The van der Waals surface area contributed by atoms with E-state index in [1.54, 1.807) is 12.5 Å².